The molecule has 116 valence electrons. The van der Waals surface area contributed by atoms with E-state index in [4.69, 9.17) is 4.74 Å². The van der Waals surface area contributed by atoms with Gasteiger partial charge in [-0.05, 0) is 31.9 Å². The summed E-state index contributed by atoms with van der Waals surface area (Å²) in [5.41, 5.74) is 1.85. The monoisotopic (exact) mass is 292 g/mol. The fourth-order valence-corrected chi connectivity index (χ4v) is 2.19. The maximum absolute atomic E-state index is 11.5. The van der Waals surface area contributed by atoms with E-state index in [1.54, 1.807) is 7.11 Å². The van der Waals surface area contributed by atoms with E-state index < -0.39 is 6.10 Å². The summed E-state index contributed by atoms with van der Waals surface area (Å²) in [6.07, 6.45) is 2.00. The Bertz CT molecular complexity index is 486. The molecule has 5 nitrogen and oxygen atoms in total. The first kappa shape index (κ1) is 15.8. The molecule has 0 spiro atoms. The van der Waals surface area contributed by atoms with Crippen LogP contribution >= 0.6 is 0 Å². The first-order valence-corrected chi connectivity index (χ1v) is 7.43. The van der Waals surface area contributed by atoms with Gasteiger partial charge < -0.3 is 20.5 Å². The summed E-state index contributed by atoms with van der Waals surface area (Å²) < 4.78 is 5.26. The van der Waals surface area contributed by atoms with Crippen molar-refractivity contribution in [3.8, 4) is 5.75 Å². The van der Waals surface area contributed by atoms with Gasteiger partial charge in [0.1, 0.15) is 5.75 Å². The number of methoxy groups -OCH3 is 1. The maximum Gasteiger partial charge on any atom is 0.221 e. The minimum atomic E-state index is -0.647. The van der Waals surface area contributed by atoms with E-state index in [1.165, 1.54) is 0 Å². The second-order valence-corrected chi connectivity index (χ2v) is 5.56. The number of aryl methyl sites for hydroxylation is 1. The van der Waals surface area contributed by atoms with Gasteiger partial charge in [-0.15, -0.1) is 0 Å². The molecule has 5 heteroatoms. The number of aliphatic hydroxyl groups is 1. The van der Waals surface area contributed by atoms with Crippen LogP contribution in [0, 0.1) is 6.92 Å². The minimum Gasteiger partial charge on any atom is -0.496 e. The van der Waals surface area contributed by atoms with Gasteiger partial charge in [0, 0.05) is 31.1 Å². The highest BCUT2D eigenvalue weighted by Crippen LogP contribution is 2.25. The van der Waals surface area contributed by atoms with Crippen molar-refractivity contribution in [2.75, 3.05) is 20.2 Å². The number of carbonyl (C=O) groups is 1. The smallest absolute Gasteiger partial charge is 0.221 e. The number of ether oxygens (including phenoxy) is 1. The largest absolute Gasteiger partial charge is 0.496 e. The normalized spacial score (nSPS) is 15.6. The van der Waals surface area contributed by atoms with Gasteiger partial charge in [-0.2, -0.15) is 0 Å². The third-order valence-corrected chi connectivity index (χ3v) is 3.55. The number of aliphatic hydroxyl groups excluding tert-OH is 1. The first-order chi connectivity index (χ1) is 10.1. The number of hydrogen-bond donors (Lipinski definition) is 3. The van der Waals surface area contributed by atoms with Crippen molar-refractivity contribution < 1.29 is 14.6 Å². The quantitative estimate of drug-likeness (QED) is 0.632. The Balaban J connectivity index is 1.74. The third kappa shape index (κ3) is 5.02. The molecule has 1 atom stereocenters. The summed E-state index contributed by atoms with van der Waals surface area (Å²) in [6.45, 7) is 2.94. The highest BCUT2D eigenvalue weighted by molar-refractivity contribution is 5.76. The molecule has 3 N–H and O–H groups in total. The van der Waals surface area contributed by atoms with Crippen LogP contribution in [0.5, 0.6) is 5.75 Å². The standard InChI is InChI=1S/C16H24N2O3/c1-11-3-6-15(21-2)13(9-11)14(19)10-17-8-7-16(20)18-12-4-5-12/h3,6,9,12,14,17,19H,4-5,7-8,10H2,1-2H3,(H,18,20). The molecule has 1 unspecified atom stereocenters. The van der Waals surface area contributed by atoms with Gasteiger partial charge in [-0.25, -0.2) is 0 Å². The van der Waals surface area contributed by atoms with Crippen LogP contribution in [0.3, 0.4) is 0 Å². The zero-order valence-corrected chi connectivity index (χ0v) is 12.7. The van der Waals surface area contributed by atoms with E-state index >= 15 is 0 Å². The van der Waals surface area contributed by atoms with Crippen molar-refractivity contribution in [2.45, 2.75) is 38.3 Å². The molecule has 0 aromatic heterocycles. The molecule has 1 aromatic carbocycles. The van der Waals surface area contributed by atoms with E-state index in [9.17, 15) is 9.90 Å². The zero-order chi connectivity index (χ0) is 15.2. The van der Waals surface area contributed by atoms with Crippen molar-refractivity contribution in [1.29, 1.82) is 0 Å². The number of benzene rings is 1. The molecule has 0 heterocycles. The lowest BCUT2D eigenvalue weighted by atomic mass is 10.1. The summed E-state index contributed by atoms with van der Waals surface area (Å²) in [7, 11) is 1.59. The van der Waals surface area contributed by atoms with Gasteiger partial charge in [0.25, 0.3) is 0 Å². The average molecular weight is 292 g/mol. The van der Waals surface area contributed by atoms with Crippen LogP contribution in [-0.2, 0) is 4.79 Å². The number of carbonyl (C=O) groups excluding carboxylic acids is 1. The van der Waals surface area contributed by atoms with Crippen molar-refractivity contribution in [3.05, 3.63) is 29.3 Å². The number of rotatable bonds is 8. The summed E-state index contributed by atoms with van der Waals surface area (Å²) >= 11 is 0. The highest BCUT2D eigenvalue weighted by Gasteiger charge is 2.22. The SMILES string of the molecule is COc1ccc(C)cc1C(O)CNCCC(=O)NC1CC1. The van der Waals surface area contributed by atoms with E-state index in [0.717, 1.165) is 24.0 Å². The predicted molar refractivity (Wildman–Crippen MR) is 81.3 cm³/mol. The van der Waals surface area contributed by atoms with Gasteiger partial charge >= 0.3 is 0 Å². The third-order valence-electron chi connectivity index (χ3n) is 3.55. The van der Waals surface area contributed by atoms with E-state index in [0.29, 0.717) is 31.3 Å². The molecule has 0 radical (unpaired) electrons. The first-order valence-electron chi connectivity index (χ1n) is 7.43. The Morgan fingerprint density at radius 1 is 1.48 bits per heavy atom. The van der Waals surface area contributed by atoms with Crippen LogP contribution in [-0.4, -0.2) is 37.3 Å². The van der Waals surface area contributed by atoms with Crippen molar-refractivity contribution in [3.63, 3.8) is 0 Å². The van der Waals surface area contributed by atoms with Crippen LogP contribution in [0.1, 0.15) is 36.5 Å². The summed E-state index contributed by atoms with van der Waals surface area (Å²) in [6, 6.07) is 6.13. The number of amides is 1. The highest BCUT2D eigenvalue weighted by atomic mass is 16.5. The number of hydrogen-bond acceptors (Lipinski definition) is 4. The lowest BCUT2D eigenvalue weighted by molar-refractivity contribution is -0.121. The van der Waals surface area contributed by atoms with Crippen LogP contribution in [0.15, 0.2) is 18.2 Å². The van der Waals surface area contributed by atoms with Gasteiger partial charge in [0.2, 0.25) is 5.91 Å². The van der Waals surface area contributed by atoms with Gasteiger partial charge in [0.05, 0.1) is 13.2 Å². The molecular weight excluding hydrogens is 268 g/mol. The Morgan fingerprint density at radius 3 is 2.90 bits per heavy atom. The molecular formula is C16H24N2O3. The summed E-state index contributed by atoms with van der Waals surface area (Å²) in [5.74, 6) is 0.758. The molecule has 21 heavy (non-hydrogen) atoms. The van der Waals surface area contributed by atoms with Gasteiger partial charge in [0.15, 0.2) is 0 Å². The molecule has 2 rings (SSSR count). The lowest BCUT2D eigenvalue weighted by Gasteiger charge is -2.16. The Kier molecular flexibility index (Phi) is 5.59. The molecule has 1 aliphatic carbocycles. The van der Waals surface area contributed by atoms with E-state index in [1.807, 2.05) is 25.1 Å². The molecule has 1 aliphatic rings. The Hall–Kier alpha value is -1.59. The zero-order valence-electron chi connectivity index (χ0n) is 12.7. The van der Waals surface area contributed by atoms with Crippen LogP contribution in [0.4, 0.5) is 0 Å². The molecule has 0 aliphatic heterocycles. The van der Waals surface area contributed by atoms with Crippen LogP contribution in [0.2, 0.25) is 0 Å². The fraction of sp³-hybridized carbons (Fsp3) is 0.562. The Morgan fingerprint density at radius 2 is 2.24 bits per heavy atom. The van der Waals surface area contributed by atoms with Crippen LogP contribution in [0.25, 0.3) is 0 Å². The average Bonchev–Trinajstić information content (AvgIpc) is 3.27. The topological polar surface area (TPSA) is 70.6 Å². The van der Waals surface area contributed by atoms with Crippen molar-refractivity contribution >= 4 is 5.91 Å². The molecule has 0 bridgehead atoms. The molecule has 1 saturated carbocycles. The van der Waals surface area contributed by atoms with Crippen LogP contribution < -0.4 is 15.4 Å². The number of nitrogens with one attached hydrogen (secondary N) is 2. The minimum absolute atomic E-state index is 0.0765. The lowest BCUT2D eigenvalue weighted by Crippen LogP contribution is -2.30. The second-order valence-electron chi connectivity index (χ2n) is 5.56. The molecule has 1 fully saturated rings. The summed E-state index contributed by atoms with van der Waals surface area (Å²) in [5, 5.41) is 16.3. The molecule has 0 saturated heterocycles. The molecule has 1 amide bonds. The van der Waals surface area contributed by atoms with E-state index in [2.05, 4.69) is 10.6 Å². The molecule has 1 aromatic rings. The summed E-state index contributed by atoms with van der Waals surface area (Å²) in [4.78, 5) is 11.5. The van der Waals surface area contributed by atoms with Crippen molar-refractivity contribution in [2.24, 2.45) is 0 Å². The maximum atomic E-state index is 11.5. The van der Waals surface area contributed by atoms with E-state index in [-0.39, 0.29) is 5.91 Å². The fourth-order valence-electron chi connectivity index (χ4n) is 2.19. The predicted octanol–water partition coefficient (Wildman–Crippen LogP) is 1.30. The van der Waals surface area contributed by atoms with Gasteiger partial charge in [-0.3, -0.25) is 4.79 Å². The second kappa shape index (κ2) is 7.43. The van der Waals surface area contributed by atoms with Gasteiger partial charge in [-0.1, -0.05) is 11.6 Å². The van der Waals surface area contributed by atoms with Crippen molar-refractivity contribution in [1.82, 2.24) is 10.6 Å². The Labute approximate surface area is 125 Å².